The second-order valence-electron chi connectivity index (χ2n) is 8.20. The van der Waals surface area contributed by atoms with Crippen LogP contribution < -0.4 is 15.8 Å². The number of hydrogen-bond donors (Lipinski definition) is 3. The molecule has 5 rings (SSSR count). The van der Waals surface area contributed by atoms with Gasteiger partial charge in [0.05, 0.1) is 11.1 Å². The summed E-state index contributed by atoms with van der Waals surface area (Å²) in [4.78, 5) is 30.9. The SMILES string of the molecule is CC(C)c1ccc2c(c1)OC1(O)c3cccc(N)c3C(=O)C21NC(=O)c1cccnc1. The van der Waals surface area contributed by atoms with Crippen LogP contribution in [0.4, 0.5) is 5.69 Å². The Morgan fingerprint density at radius 3 is 2.68 bits per heavy atom. The van der Waals surface area contributed by atoms with E-state index in [0.717, 1.165) is 5.56 Å². The van der Waals surface area contributed by atoms with Gasteiger partial charge in [-0.3, -0.25) is 14.6 Å². The Hall–Kier alpha value is -3.71. The molecule has 0 fully saturated rings. The largest absolute Gasteiger partial charge is 0.454 e. The monoisotopic (exact) mass is 415 g/mol. The summed E-state index contributed by atoms with van der Waals surface area (Å²) in [6.07, 6.45) is 2.94. The van der Waals surface area contributed by atoms with Gasteiger partial charge in [-0.05, 0) is 35.7 Å². The van der Waals surface area contributed by atoms with Gasteiger partial charge >= 0.3 is 0 Å². The van der Waals surface area contributed by atoms with Crippen molar-refractivity contribution < 1.29 is 19.4 Å². The van der Waals surface area contributed by atoms with Crippen molar-refractivity contribution in [1.82, 2.24) is 10.3 Å². The molecule has 2 heterocycles. The highest BCUT2D eigenvalue weighted by Crippen LogP contribution is 2.59. The molecule has 2 atom stereocenters. The number of fused-ring (bicyclic) bond motifs is 5. The number of nitrogens with two attached hydrogens (primary N) is 1. The van der Waals surface area contributed by atoms with E-state index in [0.29, 0.717) is 11.3 Å². The molecule has 1 aliphatic heterocycles. The zero-order chi connectivity index (χ0) is 22.0. The highest BCUT2D eigenvalue weighted by Gasteiger charge is 2.72. The molecule has 2 aliphatic rings. The number of Topliss-reactive ketones (excluding diaryl/α,β-unsaturated/α-hetero) is 1. The van der Waals surface area contributed by atoms with Gasteiger partial charge in [0.25, 0.3) is 11.7 Å². The third-order valence-electron chi connectivity index (χ3n) is 6.10. The molecule has 0 saturated heterocycles. The number of benzene rings is 2. The average Bonchev–Trinajstić information content (AvgIpc) is 3.12. The second kappa shape index (κ2) is 6.39. The fourth-order valence-electron chi connectivity index (χ4n) is 4.49. The Morgan fingerprint density at radius 1 is 1.16 bits per heavy atom. The highest BCUT2D eigenvalue weighted by atomic mass is 16.6. The molecule has 31 heavy (non-hydrogen) atoms. The number of anilines is 1. The van der Waals surface area contributed by atoms with Gasteiger partial charge in [0.2, 0.25) is 11.3 Å². The number of nitrogens with zero attached hydrogens (tertiary/aromatic N) is 1. The van der Waals surface area contributed by atoms with Gasteiger partial charge in [0, 0.05) is 29.2 Å². The predicted molar refractivity (Wildman–Crippen MR) is 114 cm³/mol. The van der Waals surface area contributed by atoms with Crippen molar-refractivity contribution >= 4 is 17.4 Å². The Bertz CT molecular complexity index is 1240. The van der Waals surface area contributed by atoms with Crippen molar-refractivity contribution in [3.05, 3.63) is 88.7 Å². The van der Waals surface area contributed by atoms with Crippen molar-refractivity contribution in [3.63, 3.8) is 0 Å². The zero-order valence-electron chi connectivity index (χ0n) is 17.0. The van der Waals surface area contributed by atoms with Gasteiger partial charge in [-0.2, -0.15) is 0 Å². The van der Waals surface area contributed by atoms with Crippen LogP contribution in [0.1, 0.15) is 57.2 Å². The number of aromatic nitrogens is 1. The van der Waals surface area contributed by atoms with Crippen LogP contribution in [-0.4, -0.2) is 21.8 Å². The lowest BCUT2D eigenvalue weighted by Gasteiger charge is -2.34. The quantitative estimate of drug-likeness (QED) is 0.567. The number of aliphatic hydroxyl groups is 1. The van der Waals surface area contributed by atoms with Crippen LogP contribution in [0.5, 0.6) is 5.75 Å². The van der Waals surface area contributed by atoms with Crippen LogP contribution in [-0.2, 0) is 11.3 Å². The molecule has 2 unspecified atom stereocenters. The van der Waals surface area contributed by atoms with E-state index in [4.69, 9.17) is 10.5 Å². The summed E-state index contributed by atoms with van der Waals surface area (Å²) in [6, 6.07) is 13.4. The first-order chi connectivity index (χ1) is 14.8. The maximum Gasteiger partial charge on any atom is 0.271 e. The van der Waals surface area contributed by atoms with Crippen LogP contribution in [0.2, 0.25) is 0 Å². The standard InChI is InChI=1S/C24H21N3O4/c1-13(2)14-8-9-16-19(11-14)31-24(30)17-6-3-7-18(25)20(17)21(28)23(16,24)27-22(29)15-5-4-10-26-12-15/h3-13,30H,25H2,1-2H3,(H,27,29). The number of carbonyl (C=O) groups is 2. The number of nitrogen functional groups attached to an aromatic ring is 1. The van der Waals surface area contributed by atoms with Crippen LogP contribution >= 0.6 is 0 Å². The van der Waals surface area contributed by atoms with E-state index in [9.17, 15) is 14.7 Å². The number of ketones is 1. The van der Waals surface area contributed by atoms with Gasteiger partial charge in [-0.15, -0.1) is 0 Å². The first-order valence-corrected chi connectivity index (χ1v) is 10.0. The summed E-state index contributed by atoms with van der Waals surface area (Å²) < 4.78 is 6.05. The fourth-order valence-corrected chi connectivity index (χ4v) is 4.49. The maximum absolute atomic E-state index is 13.8. The zero-order valence-corrected chi connectivity index (χ0v) is 17.0. The van der Waals surface area contributed by atoms with Gasteiger partial charge in [-0.1, -0.05) is 38.1 Å². The van der Waals surface area contributed by atoms with E-state index < -0.39 is 23.0 Å². The number of amides is 1. The Morgan fingerprint density at radius 2 is 1.97 bits per heavy atom. The minimum atomic E-state index is -2.13. The molecule has 0 spiro atoms. The van der Waals surface area contributed by atoms with Gasteiger partial charge in [-0.25, -0.2) is 0 Å². The number of ether oxygens (including phenoxy) is 1. The van der Waals surface area contributed by atoms with Gasteiger partial charge < -0.3 is 20.9 Å². The van der Waals surface area contributed by atoms with Gasteiger partial charge in [0.15, 0.2) is 0 Å². The first kappa shape index (κ1) is 19.3. The topological polar surface area (TPSA) is 115 Å². The van der Waals surface area contributed by atoms with Crippen LogP contribution in [0.25, 0.3) is 0 Å². The number of hydrogen-bond acceptors (Lipinski definition) is 6. The lowest BCUT2D eigenvalue weighted by Crippen LogP contribution is -2.60. The Kier molecular flexibility index (Phi) is 3.97. The van der Waals surface area contributed by atoms with E-state index in [1.54, 1.807) is 48.7 Å². The summed E-state index contributed by atoms with van der Waals surface area (Å²) in [5.74, 6) is -2.65. The number of pyridine rings is 1. The van der Waals surface area contributed by atoms with E-state index in [1.807, 2.05) is 19.9 Å². The number of carbonyl (C=O) groups excluding carboxylic acids is 2. The summed E-state index contributed by atoms with van der Waals surface area (Å²) in [6.45, 7) is 4.07. The molecule has 0 bridgehead atoms. The first-order valence-electron chi connectivity index (χ1n) is 10.0. The molecule has 7 heteroatoms. The lowest BCUT2D eigenvalue weighted by molar-refractivity contribution is -0.169. The van der Waals surface area contributed by atoms with Crippen molar-refractivity contribution in [2.24, 2.45) is 0 Å². The van der Waals surface area contributed by atoms with Crippen molar-refractivity contribution in [1.29, 1.82) is 0 Å². The molecule has 7 nitrogen and oxygen atoms in total. The molecule has 1 aromatic heterocycles. The number of rotatable bonds is 3. The second-order valence-corrected chi connectivity index (χ2v) is 8.20. The van der Waals surface area contributed by atoms with Crippen LogP contribution in [0.3, 0.4) is 0 Å². The fraction of sp³-hybridized carbons (Fsp3) is 0.208. The predicted octanol–water partition coefficient (Wildman–Crippen LogP) is 2.85. The molecule has 4 N–H and O–H groups in total. The Labute approximate surface area is 178 Å². The number of nitrogens with one attached hydrogen (secondary N) is 1. The van der Waals surface area contributed by atoms with E-state index in [1.165, 1.54) is 6.20 Å². The normalized spacial score (nSPS) is 23.2. The summed E-state index contributed by atoms with van der Waals surface area (Å²) in [7, 11) is 0. The Balaban J connectivity index is 1.74. The average molecular weight is 415 g/mol. The molecule has 0 saturated carbocycles. The van der Waals surface area contributed by atoms with Crippen molar-refractivity contribution in [2.45, 2.75) is 31.1 Å². The molecular formula is C24H21N3O4. The molecule has 3 aromatic rings. The molecule has 2 aromatic carbocycles. The summed E-state index contributed by atoms with van der Waals surface area (Å²) in [5, 5.41) is 14.6. The molecule has 1 amide bonds. The van der Waals surface area contributed by atoms with Crippen LogP contribution in [0.15, 0.2) is 60.9 Å². The van der Waals surface area contributed by atoms with E-state index >= 15 is 0 Å². The van der Waals surface area contributed by atoms with E-state index in [2.05, 4.69) is 10.3 Å². The molecule has 0 radical (unpaired) electrons. The lowest BCUT2D eigenvalue weighted by atomic mass is 9.82. The minimum absolute atomic E-state index is 0.148. The molecular weight excluding hydrogens is 394 g/mol. The summed E-state index contributed by atoms with van der Waals surface area (Å²) >= 11 is 0. The van der Waals surface area contributed by atoms with Crippen molar-refractivity contribution in [3.8, 4) is 5.75 Å². The van der Waals surface area contributed by atoms with Crippen LogP contribution in [0, 0.1) is 0 Å². The minimum Gasteiger partial charge on any atom is -0.454 e. The smallest absolute Gasteiger partial charge is 0.271 e. The molecule has 1 aliphatic carbocycles. The maximum atomic E-state index is 13.8. The van der Waals surface area contributed by atoms with E-state index in [-0.39, 0.29) is 28.3 Å². The third-order valence-corrected chi connectivity index (χ3v) is 6.10. The van der Waals surface area contributed by atoms with Gasteiger partial charge in [0.1, 0.15) is 5.75 Å². The molecule has 156 valence electrons. The highest BCUT2D eigenvalue weighted by molar-refractivity contribution is 6.16. The van der Waals surface area contributed by atoms with Crippen molar-refractivity contribution in [2.75, 3.05) is 5.73 Å². The third kappa shape index (κ3) is 2.41. The summed E-state index contributed by atoms with van der Waals surface area (Å²) in [5.41, 5.74) is 6.44.